The molecule has 0 fully saturated rings. The Morgan fingerprint density at radius 1 is 0.880 bits per heavy atom. The van der Waals surface area contributed by atoms with Crippen LogP contribution in [0.25, 0.3) is 11.6 Å². The molecule has 0 amide bonds. The van der Waals surface area contributed by atoms with Crippen molar-refractivity contribution in [1.29, 1.82) is 0 Å². The Kier molecular flexibility index (Phi) is 5.95. The van der Waals surface area contributed by atoms with Crippen LogP contribution < -0.4 is 18.9 Å². The minimum atomic E-state index is 0.0862. The number of aromatic hydroxyl groups is 1. The number of rotatable bonds is 7. The van der Waals surface area contributed by atoms with Crippen molar-refractivity contribution in [2.45, 2.75) is 0 Å². The Balaban J connectivity index is 2.30. The lowest BCUT2D eigenvalue weighted by molar-refractivity contribution is 0.324. The van der Waals surface area contributed by atoms with E-state index in [1.54, 1.807) is 33.5 Å². The summed E-state index contributed by atoms with van der Waals surface area (Å²) in [7, 11) is 6.21. The maximum atomic E-state index is 9.84. The summed E-state index contributed by atoms with van der Waals surface area (Å²) in [4.78, 5) is 0. The summed E-state index contributed by atoms with van der Waals surface area (Å²) in [5.74, 6) is 2.18. The van der Waals surface area contributed by atoms with Gasteiger partial charge in [0.25, 0.3) is 0 Å². The van der Waals surface area contributed by atoms with Gasteiger partial charge in [-0.25, -0.2) is 0 Å². The summed E-state index contributed by atoms with van der Waals surface area (Å²) in [6, 6.07) is 8.84. The molecule has 0 aliphatic heterocycles. The number of methoxy groups -OCH3 is 4. The smallest absolute Gasteiger partial charge is 0.203 e. The molecular weight excluding hydrogens is 320 g/mol. The van der Waals surface area contributed by atoms with Crippen LogP contribution in [0.3, 0.4) is 0 Å². The average molecular weight is 342 g/mol. The molecule has 0 saturated carbocycles. The van der Waals surface area contributed by atoms with E-state index in [1.165, 1.54) is 7.11 Å². The fraction of sp³-hybridized carbons (Fsp3) is 0.200. The Morgan fingerprint density at radius 2 is 1.48 bits per heavy atom. The molecule has 0 aliphatic carbocycles. The minimum Gasteiger partial charge on any atom is -0.504 e. The quantitative estimate of drug-likeness (QED) is 0.766. The Morgan fingerprint density at radius 3 is 1.96 bits per heavy atom. The van der Waals surface area contributed by atoms with Crippen LogP contribution in [0.2, 0.25) is 0 Å². The molecule has 25 heavy (non-hydrogen) atoms. The largest absolute Gasteiger partial charge is 0.504 e. The fourth-order valence-corrected chi connectivity index (χ4v) is 2.37. The molecule has 2 rings (SSSR count). The lowest BCUT2D eigenvalue weighted by atomic mass is 10.0. The molecule has 0 aliphatic rings. The Labute approximate surface area is 147 Å². The molecule has 132 valence electrons. The number of benzene rings is 2. The van der Waals surface area contributed by atoms with Gasteiger partial charge in [-0.05, 0) is 41.0 Å². The van der Waals surface area contributed by atoms with Crippen molar-refractivity contribution in [2.24, 2.45) is 0 Å². The molecule has 2 aromatic carbocycles. The van der Waals surface area contributed by atoms with Crippen LogP contribution in [-0.4, -0.2) is 33.5 Å². The van der Waals surface area contributed by atoms with Gasteiger partial charge in [0.15, 0.2) is 23.0 Å². The van der Waals surface area contributed by atoms with Gasteiger partial charge in [-0.3, -0.25) is 0 Å². The monoisotopic (exact) mass is 342 g/mol. The van der Waals surface area contributed by atoms with E-state index in [-0.39, 0.29) is 5.75 Å². The standard InChI is InChI=1S/C20H22O5/c1-13(6-7-14-8-9-17(22-2)16(21)10-14)15-11-18(23-3)20(25-5)19(12-15)24-4/h6-12,21H,1H2,2-5H3/b7-6+. The Bertz CT molecular complexity index is 768. The molecule has 0 aromatic heterocycles. The van der Waals surface area contributed by atoms with Crippen molar-refractivity contribution in [3.05, 3.63) is 54.1 Å². The highest BCUT2D eigenvalue weighted by atomic mass is 16.5. The third-order valence-electron chi connectivity index (χ3n) is 3.72. The van der Waals surface area contributed by atoms with Gasteiger partial charge in [-0.2, -0.15) is 0 Å². The van der Waals surface area contributed by atoms with E-state index >= 15 is 0 Å². The van der Waals surface area contributed by atoms with Crippen molar-refractivity contribution < 1.29 is 24.1 Å². The Hall–Kier alpha value is -3.08. The predicted octanol–water partition coefficient (Wildman–Crippen LogP) is 4.15. The number of phenols is 1. The number of phenolic OH excluding ortho intramolecular Hbond substituents is 1. The van der Waals surface area contributed by atoms with Crippen molar-refractivity contribution in [3.63, 3.8) is 0 Å². The second kappa shape index (κ2) is 8.15. The molecule has 0 radical (unpaired) electrons. The molecular formula is C20H22O5. The van der Waals surface area contributed by atoms with Crippen molar-refractivity contribution in [1.82, 2.24) is 0 Å². The summed E-state index contributed by atoms with van der Waals surface area (Å²) < 4.78 is 21.1. The first-order chi connectivity index (χ1) is 12.0. The molecule has 5 nitrogen and oxygen atoms in total. The lowest BCUT2D eigenvalue weighted by Gasteiger charge is -2.14. The zero-order valence-corrected chi connectivity index (χ0v) is 14.8. The molecule has 0 heterocycles. The van der Waals surface area contributed by atoms with E-state index in [1.807, 2.05) is 30.4 Å². The molecule has 0 unspecified atom stereocenters. The number of allylic oxidation sites excluding steroid dienone is 2. The van der Waals surface area contributed by atoms with Gasteiger partial charge in [0, 0.05) is 0 Å². The average Bonchev–Trinajstić information content (AvgIpc) is 2.64. The van der Waals surface area contributed by atoms with Crippen LogP contribution in [-0.2, 0) is 0 Å². The summed E-state index contributed by atoms with van der Waals surface area (Å²) in [5, 5.41) is 9.84. The molecule has 0 bridgehead atoms. The normalized spacial score (nSPS) is 10.6. The number of hydrogen-bond donors (Lipinski definition) is 1. The number of ether oxygens (including phenoxy) is 4. The number of hydrogen-bond acceptors (Lipinski definition) is 5. The van der Waals surface area contributed by atoms with E-state index in [9.17, 15) is 5.11 Å². The first kappa shape index (κ1) is 18.3. The topological polar surface area (TPSA) is 57.2 Å². The van der Waals surface area contributed by atoms with Gasteiger partial charge < -0.3 is 24.1 Å². The first-order valence-electron chi connectivity index (χ1n) is 7.58. The zero-order chi connectivity index (χ0) is 18.4. The van der Waals surface area contributed by atoms with E-state index in [4.69, 9.17) is 18.9 Å². The van der Waals surface area contributed by atoms with Gasteiger partial charge in [-0.1, -0.05) is 24.8 Å². The van der Waals surface area contributed by atoms with E-state index < -0.39 is 0 Å². The third kappa shape index (κ3) is 4.07. The molecule has 2 aromatic rings. The highest BCUT2D eigenvalue weighted by Gasteiger charge is 2.13. The van der Waals surface area contributed by atoms with E-state index in [2.05, 4.69) is 6.58 Å². The molecule has 0 spiro atoms. The molecule has 5 heteroatoms. The van der Waals surface area contributed by atoms with Gasteiger partial charge in [0.1, 0.15) is 0 Å². The van der Waals surface area contributed by atoms with Gasteiger partial charge >= 0.3 is 0 Å². The van der Waals surface area contributed by atoms with E-state index in [0.29, 0.717) is 23.0 Å². The summed E-state index contributed by atoms with van der Waals surface area (Å²) in [6.07, 6.45) is 3.70. The second-order valence-corrected chi connectivity index (χ2v) is 5.20. The van der Waals surface area contributed by atoms with Crippen LogP contribution in [0.15, 0.2) is 43.0 Å². The molecule has 1 N–H and O–H groups in total. The van der Waals surface area contributed by atoms with Crippen molar-refractivity contribution in [3.8, 4) is 28.7 Å². The third-order valence-corrected chi connectivity index (χ3v) is 3.72. The summed E-state index contributed by atoms with van der Waals surface area (Å²) in [6.45, 7) is 4.08. The minimum absolute atomic E-state index is 0.0862. The van der Waals surface area contributed by atoms with Crippen LogP contribution in [0.1, 0.15) is 11.1 Å². The fourth-order valence-electron chi connectivity index (χ4n) is 2.37. The van der Waals surface area contributed by atoms with Crippen LogP contribution in [0, 0.1) is 0 Å². The van der Waals surface area contributed by atoms with Gasteiger partial charge in [-0.15, -0.1) is 0 Å². The van der Waals surface area contributed by atoms with Crippen LogP contribution in [0.4, 0.5) is 0 Å². The molecule has 0 saturated heterocycles. The van der Waals surface area contributed by atoms with E-state index in [0.717, 1.165) is 16.7 Å². The first-order valence-corrected chi connectivity index (χ1v) is 7.58. The van der Waals surface area contributed by atoms with Crippen LogP contribution in [0.5, 0.6) is 28.7 Å². The highest BCUT2D eigenvalue weighted by molar-refractivity contribution is 5.80. The SMILES string of the molecule is C=C(/C=C/c1ccc(OC)c(O)c1)c1cc(OC)c(OC)c(OC)c1. The lowest BCUT2D eigenvalue weighted by Crippen LogP contribution is -1.96. The maximum Gasteiger partial charge on any atom is 0.203 e. The van der Waals surface area contributed by atoms with Gasteiger partial charge in [0.2, 0.25) is 5.75 Å². The van der Waals surface area contributed by atoms with Crippen molar-refractivity contribution >= 4 is 11.6 Å². The predicted molar refractivity (Wildman–Crippen MR) is 98.8 cm³/mol. The summed E-state index contributed by atoms with van der Waals surface area (Å²) in [5.41, 5.74) is 2.42. The highest BCUT2D eigenvalue weighted by Crippen LogP contribution is 2.40. The second-order valence-electron chi connectivity index (χ2n) is 5.20. The maximum absolute atomic E-state index is 9.84. The van der Waals surface area contributed by atoms with Crippen molar-refractivity contribution in [2.75, 3.05) is 28.4 Å². The van der Waals surface area contributed by atoms with Gasteiger partial charge in [0.05, 0.1) is 28.4 Å². The van der Waals surface area contributed by atoms with Crippen LogP contribution >= 0.6 is 0 Å². The zero-order valence-electron chi connectivity index (χ0n) is 14.8. The molecule has 0 atom stereocenters. The summed E-state index contributed by atoms with van der Waals surface area (Å²) >= 11 is 0.